The number of benzene rings is 1. The number of nitrogens with zero attached hydrogens (tertiary/aromatic N) is 1. The maximum absolute atomic E-state index is 9.36. The monoisotopic (exact) mass is 234 g/mol. The van der Waals surface area contributed by atoms with Crippen LogP contribution in [-0.2, 0) is 6.42 Å². The predicted molar refractivity (Wildman–Crippen MR) is 71.5 cm³/mol. The zero-order chi connectivity index (χ0) is 12.3. The number of likely N-dealkylation sites (N-methyl/N-ethyl adjacent to an activating group) is 1. The van der Waals surface area contributed by atoms with Crippen LogP contribution in [0.25, 0.3) is 0 Å². The fourth-order valence-corrected chi connectivity index (χ4v) is 2.62. The maximum atomic E-state index is 9.36. The summed E-state index contributed by atoms with van der Waals surface area (Å²) in [7, 11) is 0. The van der Waals surface area contributed by atoms with Gasteiger partial charge in [-0.1, -0.05) is 25.1 Å². The molecule has 0 fully saturated rings. The first-order valence-corrected chi connectivity index (χ1v) is 6.45. The van der Waals surface area contributed by atoms with Crippen molar-refractivity contribution in [3.63, 3.8) is 0 Å². The molecule has 3 nitrogen and oxygen atoms in total. The van der Waals surface area contributed by atoms with E-state index in [0.717, 1.165) is 19.5 Å². The van der Waals surface area contributed by atoms with Gasteiger partial charge in [-0.3, -0.25) is 0 Å². The molecular formula is C14H22N2O. The second-order valence-electron chi connectivity index (χ2n) is 4.77. The number of hydrogen-bond acceptors (Lipinski definition) is 3. The molecule has 0 amide bonds. The molecule has 2 rings (SSSR count). The summed E-state index contributed by atoms with van der Waals surface area (Å²) in [6.07, 6.45) is 1.11. The first kappa shape index (κ1) is 12.4. The second-order valence-corrected chi connectivity index (χ2v) is 4.77. The van der Waals surface area contributed by atoms with E-state index in [9.17, 15) is 5.11 Å². The van der Waals surface area contributed by atoms with Gasteiger partial charge in [0.05, 0.1) is 6.61 Å². The van der Waals surface area contributed by atoms with Crippen molar-refractivity contribution < 1.29 is 5.11 Å². The van der Waals surface area contributed by atoms with Crippen LogP contribution in [0.1, 0.15) is 19.4 Å². The predicted octanol–water partition coefficient (Wildman–Crippen LogP) is 1.41. The Morgan fingerprint density at radius 2 is 2.24 bits per heavy atom. The number of hydrogen-bond donors (Lipinski definition) is 2. The van der Waals surface area contributed by atoms with Gasteiger partial charge in [-0.15, -0.1) is 0 Å². The van der Waals surface area contributed by atoms with E-state index in [-0.39, 0.29) is 12.6 Å². The van der Waals surface area contributed by atoms with Gasteiger partial charge in [-0.25, -0.2) is 0 Å². The van der Waals surface area contributed by atoms with E-state index in [1.165, 1.54) is 11.3 Å². The molecule has 0 saturated heterocycles. The van der Waals surface area contributed by atoms with Crippen LogP contribution in [0.3, 0.4) is 0 Å². The standard InChI is InChI=1S/C14H22N2O/c1-3-15-13(10-17)9-16-11(2)8-12-6-4-5-7-14(12)16/h4-7,11,13,15,17H,3,8-10H2,1-2H3. The first-order chi connectivity index (χ1) is 8.26. The van der Waals surface area contributed by atoms with Gasteiger partial charge in [0, 0.05) is 24.3 Å². The van der Waals surface area contributed by atoms with Crippen molar-refractivity contribution in [1.82, 2.24) is 5.32 Å². The van der Waals surface area contributed by atoms with Crippen molar-refractivity contribution >= 4 is 5.69 Å². The highest BCUT2D eigenvalue weighted by Gasteiger charge is 2.26. The van der Waals surface area contributed by atoms with E-state index < -0.39 is 0 Å². The lowest BCUT2D eigenvalue weighted by molar-refractivity contribution is 0.244. The van der Waals surface area contributed by atoms with Crippen molar-refractivity contribution in [2.45, 2.75) is 32.4 Å². The number of aliphatic hydroxyl groups is 1. The van der Waals surface area contributed by atoms with Gasteiger partial charge >= 0.3 is 0 Å². The third-order valence-corrected chi connectivity index (χ3v) is 3.48. The molecule has 0 aromatic heterocycles. The average Bonchev–Trinajstić information content (AvgIpc) is 2.65. The van der Waals surface area contributed by atoms with Crippen molar-refractivity contribution in [3.05, 3.63) is 29.8 Å². The Bertz CT molecular complexity index is 367. The molecule has 1 aliphatic heterocycles. The molecule has 2 N–H and O–H groups in total. The van der Waals surface area contributed by atoms with E-state index in [1.54, 1.807) is 0 Å². The molecule has 1 heterocycles. The molecule has 0 radical (unpaired) electrons. The minimum Gasteiger partial charge on any atom is -0.395 e. The van der Waals surface area contributed by atoms with Gasteiger partial charge in [0.15, 0.2) is 0 Å². The largest absolute Gasteiger partial charge is 0.395 e. The number of nitrogens with one attached hydrogen (secondary N) is 1. The summed E-state index contributed by atoms with van der Waals surface area (Å²) in [4.78, 5) is 2.40. The lowest BCUT2D eigenvalue weighted by atomic mass is 10.1. The van der Waals surface area contributed by atoms with Crippen LogP contribution in [0.5, 0.6) is 0 Å². The van der Waals surface area contributed by atoms with Crippen LogP contribution in [0.15, 0.2) is 24.3 Å². The van der Waals surface area contributed by atoms with E-state index in [2.05, 4.69) is 48.3 Å². The van der Waals surface area contributed by atoms with Crippen molar-refractivity contribution in [3.8, 4) is 0 Å². The Labute approximate surface area is 103 Å². The third-order valence-electron chi connectivity index (χ3n) is 3.48. The number of rotatable bonds is 5. The molecule has 3 heteroatoms. The Morgan fingerprint density at radius 3 is 2.94 bits per heavy atom. The summed E-state index contributed by atoms with van der Waals surface area (Å²) in [6, 6.07) is 9.26. The minimum atomic E-state index is 0.161. The lowest BCUT2D eigenvalue weighted by Crippen LogP contribution is -2.45. The molecule has 1 aliphatic rings. The SMILES string of the molecule is CCNC(CO)CN1c2ccccc2CC1C. The summed E-state index contributed by atoms with van der Waals surface area (Å²) in [5.74, 6) is 0. The van der Waals surface area contributed by atoms with E-state index in [1.807, 2.05) is 0 Å². The molecule has 1 aromatic rings. The summed E-state index contributed by atoms with van der Waals surface area (Å²) in [5, 5.41) is 12.7. The van der Waals surface area contributed by atoms with Crippen molar-refractivity contribution in [2.24, 2.45) is 0 Å². The van der Waals surface area contributed by atoms with Crippen LogP contribution in [0.2, 0.25) is 0 Å². The smallest absolute Gasteiger partial charge is 0.0601 e. The summed E-state index contributed by atoms with van der Waals surface area (Å²) in [5.41, 5.74) is 2.75. The molecular weight excluding hydrogens is 212 g/mol. The quantitative estimate of drug-likeness (QED) is 0.808. The Hall–Kier alpha value is -1.06. The van der Waals surface area contributed by atoms with Crippen molar-refractivity contribution in [2.75, 3.05) is 24.6 Å². The van der Waals surface area contributed by atoms with E-state index >= 15 is 0 Å². The summed E-state index contributed by atoms with van der Waals surface area (Å²) < 4.78 is 0. The minimum absolute atomic E-state index is 0.161. The highest BCUT2D eigenvalue weighted by Crippen LogP contribution is 2.31. The zero-order valence-electron chi connectivity index (χ0n) is 10.7. The number of para-hydroxylation sites is 1. The third kappa shape index (κ3) is 2.61. The van der Waals surface area contributed by atoms with Gasteiger partial charge in [-0.2, -0.15) is 0 Å². The molecule has 0 spiro atoms. The first-order valence-electron chi connectivity index (χ1n) is 6.45. The van der Waals surface area contributed by atoms with E-state index in [4.69, 9.17) is 0 Å². The molecule has 1 aromatic carbocycles. The van der Waals surface area contributed by atoms with Crippen LogP contribution in [-0.4, -0.2) is 36.9 Å². The molecule has 2 unspecified atom stereocenters. The van der Waals surface area contributed by atoms with Crippen molar-refractivity contribution in [1.29, 1.82) is 0 Å². The summed E-state index contributed by atoms with van der Waals surface area (Å²) in [6.45, 7) is 6.29. The Balaban J connectivity index is 2.10. The molecule has 0 bridgehead atoms. The topological polar surface area (TPSA) is 35.5 Å². The Kier molecular flexibility index (Phi) is 4.02. The fraction of sp³-hybridized carbons (Fsp3) is 0.571. The molecule has 2 atom stereocenters. The van der Waals surface area contributed by atoms with Gasteiger partial charge < -0.3 is 15.3 Å². The normalized spacial score (nSPS) is 20.4. The van der Waals surface area contributed by atoms with Gasteiger partial charge in [0.1, 0.15) is 0 Å². The highest BCUT2D eigenvalue weighted by molar-refractivity contribution is 5.59. The second kappa shape index (κ2) is 5.52. The zero-order valence-corrected chi connectivity index (χ0v) is 10.7. The summed E-state index contributed by atoms with van der Waals surface area (Å²) >= 11 is 0. The van der Waals surface area contributed by atoms with Crippen LogP contribution in [0.4, 0.5) is 5.69 Å². The number of anilines is 1. The van der Waals surface area contributed by atoms with Crippen LogP contribution in [0, 0.1) is 0 Å². The molecule has 94 valence electrons. The van der Waals surface area contributed by atoms with Gasteiger partial charge in [-0.05, 0) is 31.5 Å². The fourth-order valence-electron chi connectivity index (χ4n) is 2.62. The van der Waals surface area contributed by atoms with E-state index in [0.29, 0.717) is 6.04 Å². The highest BCUT2D eigenvalue weighted by atomic mass is 16.3. The van der Waals surface area contributed by atoms with Crippen LogP contribution < -0.4 is 10.2 Å². The number of aliphatic hydroxyl groups excluding tert-OH is 1. The van der Waals surface area contributed by atoms with Crippen LogP contribution >= 0.6 is 0 Å². The van der Waals surface area contributed by atoms with Gasteiger partial charge in [0.2, 0.25) is 0 Å². The Morgan fingerprint density at radius 1 is 1.47 bits per heavy atom. The lowest BCUT2D eigenvalue weighted by Gasteiger charge is -2.29. The average molecular weight is 234 g/mol. The molecule has 0 saturated carbocycles. The number of fused-ring (bicyclic) bond motifs is 1. The molecule has 0 aliphatic carbocycles. The molecule has 17 heavy (non-hydrogen) atoms. The van der Waals surface area contributed by atoms with Gasteiger partial charge in [0.25, 0.3) is 0 Å². The maximum Gasteiger partial charge on any atom is 0.0601 e.